The van der Waals surface area contributed by atoms with Gasteiger partial charge in [0, 0.05) is 29.4 Å². The second-order valence-electron chi connectivity index (χ2n) is 7.38. The van der Waals surface area contributed by atoms with Gasteiger partial charge in [-0.15, -0.1) is 0 Å². The average Bonchev–Trinajstić information content (AvgIpc) is 3.33. The van der Waals surface area contributed by atoms with Crippen molar-refractivity contribution in [3.8, 4) is 11.3 Å². The minimum absolute atomic E-state index is 0.0186. The molecule has 0 saturated heterocycles. The minimum atomic E-state index is -0.410. The summed E-state index contributed by atoms with van der Waals surface area (Å²) in [7, 11) is 0. The van der Waals surface area contributed by atoms with Crippen LogP contribution in [-0.4, -0.2) is 36.9 Å². The summed E-state index contributed by atoms with van der Waals surface area (Å²) < 4.78 is 1.68. The highest BCUT2D eigenvalue weighted by molar-refractivity contribution is 6.08. The molecule has 8 nitrogen and oxygen atoms in total. The van der Waals surface area contributed by atoms with E-state index in [4.69, 9.17) is 5.73 Å². The van der Waals surface area contributed by atoms with E-state index in [0.717, 1.165) is 45.9 Å². The van der Waals surface area contributed by atoms with E-state index in [1.807, 2.05) is 37.4 Å². The van der Waals surface area contributed by atoms with Crippen molar-refractivity contribution in [3.05, 3.63) is 36.7 Å². The molecule has 0 bridgehead atoms. The number of aromatic amines is 1. The molecule has 1 amide bonds. The Labute approximate surface area is 161 Å². The molecule has 1 aliphatic carbocycles. The number of hydrogen-bond donors (Lipinski definition) is 3. The van der Waals surface area contributed by atoms with Crippen molar-refractivity contribution in [2.24, 2.45) is 0 Å². The van der Waals surface area contributed by atoms with Crippen molar-refractivity contribution in [3.63, 3.8) is 0 Å². The first-order valence-corrected chi connectivity index (χ1v) is 9.48. The lowest BCUT2D eigenvalue weighted by Crippen LogP contribution is -2.42. The normalized spacial score (nSPS) is 15.6. The number of aromatic nitrogens is 5. The summed E-state index contributed by atoms with van der Waals surface area (Å²) in [5.74, 6) is 0.386. The van der Waals surface area contributed by atoms with E-state index in [9.17, 15) is 4.79 Å². The molecule has 1 aromatic carbocycles. The van der Waals surface area contributed by atoms with Crippen LogP contribution in [0.5, 0.6) is 0 Å². The third-order valence-electron chi connectivity index (χ3n) is 5.54. The van der Waals surface area contributed by atoms with Crippen LogP contribution in [0.4, 0.5) is 5.82 Å². The molecule has 5 rings (SSSR count). The van der Waals surface area contributed by atoms with E-state index >= 15 is 0 Å². The monoisotopic (exact) mass is 375 g/mol. The molecule has 1 aliphatic rings. The molecule has 1 saturated carbocycles. The lowest BCUT2D eigenvalue weighted by Gasteiger charge is -2.27. The van der Waals surface area contributed by atoms with E-state index < -0.39 is 6.04 Å². The van der Waals surface area contributed by atoms with Crippen LogP contribution in [-0.2, 0) is 4.79 Å². The molecule has 0 aliphatic heterocycles. The van der Waals surface area contributed by atoms with Gasteiger partial charge in [0.2, 0.25) is 5.91 Å². The van der Waals surface area contributed by atoms with Crippen molar-refractivity contribution >= 4 is 33.5 Å². The van der Waals surface area contributed by atoms with Gasteiger partial charge in [0.1, 0.15) is 17.4 Å². The molecule has 0 radical (unpaired) electrons. The highest BCUT2D eigenvalue weighted by atomic mass is 16.2. The number of anilines is 1. The number of hydrogen-bond acceptors (Lipinski definition) is 5. The Bertz CT molecular complexity index is 1170. The van der Waals surface area contributed by atoms with Gasteiger partial charge in [-0.1, -0.05) is 6.07 Å². The van der Waals surface area contributed by atoms with Crippen LogP contribution in [0, 0.1) is 0 Å². The van der Waals surface area contributed by atoms with Crippen LogP contribution < -0.4 is 11.1 Å². The number of carbonyl (C=O) groups excluding carboxylic acids is 1. The van der Waals surface area contributed by atoms with Gasteiger partial charge in [0.15, 0.2) is 0 Å². The number of nitrogen functional groups attached to an aromatic ring is 1. The minimum Gasteiger partial charge on any atom is -0.383 e. The van der Waals surface area contributed by atoms with Crippen molar-refractivity contribution in [2.75, 3.05) is 5.73 Å². The summed E-state index contributed by atoms with van der Waals surface area (Å²) in [4.78, 5) is 17.1. The number of carbonyl (C=O) groups is 1. The number of nitrogens with one attached hydrogen (secondary N) is 2. The molecule has 8 heteroatoms. The molecule has 3 heterocycles. The summed E-state index contributed by atoms with van der Waals surface area (Å²) in [6, 6.07) is 7.74. The molecule has 142 valence electrons. The molecular weight excluding hydrogens is 354 g/mol. The molecule has 3 aromatic heterocycles. The SMILES string of the molecule is CC(C(=O)NC1CCC1)n1cc2c(N)nc3cc(-c4ccn[nH]4)ccc3c2n1. The Morgan fingerprint density at radius 1 is 1.32 bits per heavy atom. The zero-order valence-corrected chi connectivity index (χ0v) is 15.5. The smallest absolute Gasteiger partial charge is 0.244 e. The van der Waals surface area contributed by atoms with Gasteiger partial charge >= 0.3 is 0 Å². The first kappa shape index (κ1) is 16.7. The van der Waals surface area contributed by atoms with Gasteiger partial charge in [-0.05, 0) is 44.4 Å². The second kappa shape index (κ2) is 6.33. The van der Waals surface area contributed by atoms with Crippen molar-refractivity contribution in [1.82, 2.24) is 30.3 Å². The maximum Gasteiger partial charge on any atom is 0.244 e. The van der Waals surface area contributed by atoms with E-state index in [1.165, 1.54) is 6.42 Å². The summed E-state index contributed by atoms with van der Waals surface area (Å²) >= 11 is 0. The topological polar surface area (TPSA) is 115 Å². The second-order valence-corrected chi connectivity index (χ2v) is 7.38. The van der Waals surface area contributed by atoms with Crippen molar-refractivity contribution < 1.29 is 4.79 Å². The fourth-order valence-corrected chi connectivity index (χ4v) is 3.57. The van der Waals surface area contributed by atoms with Crippen LogP contribution >= 0.6 is 0 Å². The Hall–Kier alpha value is -3.42. The number of H-pyrrole nitrogens is 1. The van der Waals surface area contributed by atoms with E-state index in [0.29, 0.717) is 11.9 Å². The van der Waals surface area contributed by atoms with E-state index in [1.54, 1.807) is 10.9 Å². The Balaban J connectivity index is 1.55. The highest BCUT2D eigenvalue weighted by Crippen LogP contribution is 2.30. The van der Waals surface area contributed by atoms with Crippen LogP contribution in [0.1, 0.15) is 32.2 Å². The number of nitrogens with two attached hydrogens (primary N) is 1. The third-order valence-corrected chi connectivity index (χ3v) is 5.54. The molecule has 1 unspecified atom stereocenters. The molecule has 28 heavy (non-hydrogen) atoms. The molecule has 4 aromatic rings. The fourth-order valence-electron chi connectivity index (χ4n) is 3.57. The fraction of sp³-hybridized carbons (Fsp3) is 0.300. The van der Waals surface area contributed by atoms with Crippen LogP contribution in [0.25, 0.3) is 33.1 Å². The molecule has 1 fully saturated rings. The van der Waals surface area contributed by atoms with E-state index in [2.05, 4.69) is 25.6 Å². The lowest BCUT2D eigenvalue weighted by atomic mass is 9.93. The first-order chi connectivity index (χ1) is 13.6. The van der Waals surface area contributed by atoms with E-state index in [-0.39, 0.29) is 5.91 Å². The summed E-state index contributed by atoms with van der Waals surface area (Å²) in [6.45, 7) is 1.85. The van der Waals surface area contributed by atoms with Crippen molar-refractivity contribution in [2.45, 2.75) is 38.3 Å². The van der Waals surface area contributed by atoms with Crippen LogP contribution in [0.15, 0.2) is 36.7 Å². The number of pyridine rings is 1. The van der Waals surface area contributed by atoms with Gasteiger partial charge in [0.25, 0.3) is 0 Å². The Morgan fingerprint density at radius 3 is 2.89 bits per heavy atom. The number of benzene rings is 1. The van der Waals surface area contributed by atoms with Gasteiger partial charge in [0.05, 0.1) is 16.6 Å². The number of fused-ring (bicyclic) bond motifs is 3. The number of amides is 1. The number of rotatable bonds is 4. The quantitative estimate of drug-likeness (QED) is 0.507. The predicted molar refractivity (Wildman–Crippen MR) is 108 cm³/mol. The molecular formula is C20H21N7O. The highest BCUT2D eigenvalue weighted by Gasteiger charge is 2.24. The summed E-state index contributed by atoms with van der Waals surface area (Å²) in [5, 5.41) is 16.4. The molecule has 0 spiro atoms. The van der Waals surface area contributed by atoms with Crippen LogP contribution in [0.2, 0.25) is 0 Å². The zero-order chi connectivity index (χ0) is 19.3. The number of nitrogens with zero attached hydrogens (tertiary/aromatic N) is 4. The van der Waals surface area contributed by atoms with Crippen molar-refractivity contribution in [1.29, 1.82) is 0 Å². The molecule has 1 atom stereocenters. The largest absolute Gasteiger partial charge is 0.383 e. The Kier molecular flexibility index (Phi) is 3.78. The first-order valence-electron chi connectivity index (χ1n) is 9.48. The lowest BCUT2D eigenvalue weighted by molar-refractivity contribution is -0.125. The maximum absolute atomic E-state index is 12.5. The molecule has 4 N–H and O–H groups in total. The van der Waals surface area contributed by atoms with Gasteiger partial charge < -0.3 is 11.1 Å². The van der Waals surface area contributed by atoms with Crippen LogP contribution in [0.3, 0.4) is 0 Å². The Morgan fingerprint density at radius 2 is 2.18 bits per heavy atom. The average molecular weight is 375 g/mol. The van der Waals surface area contributed by atoms with Gasteiger partial charge in [-0.2, -0.15) is 10.2 Å². The summed E-state index contributed by atoms with van der Waals surface area (Å²) in [6.07, 6.45) is 6.81. The third kappa shape index (κ3) is 2.69. The zero-order valence-electron chi connectivity index (χ0n) is 15.5. The predicted octanol–water partition coefficient (Wildman–Crippen LogP) is 2.79. The summed E-state index contributed by atoms with van der Waals surface area (Å²) in [5.41, 5.74) is 9.60. The van der Waals surface area contributed by atoms with Gasteiger partial charge in [-0.25, -0.2) is 4.98 Å². The standard InChI is InChI=1S/C20H21N7O/c1-11(20(28)23-13-3-2-4-13)27-10-15-18(26-27)14-6-5-12(16-7-8-22-25-16)9-17(14)24-19(15)21/h5-11,13H,2-4H2,1H3,(H2,21,24)(H,22,25)(H,23,28). The van der Waals surface area contributed by atoms with Gasteiger partial charge in [-0.3, -0.25) is 14.6 Å². The maximum atomic E-state index is 12.5.